The minimum atomic E-state index is 0.107. The largest absolute Gasteiger partial charge is 0.389 e. The fourth-order valence-corrected chi connectivity index (χ4v) is 2.90. The van der Waals surface area contributed by atoms with E-state index in [4.69, 9.17) is 18.0 Å². The van der Waals surface area contributed by atoms with E-state index in [0.717, 1.165) is 22.3 Å². The van der Waals surface area contributed by atoms with E-state index < -0.39 is 0 Å². The fraction of sp³-hybridized carbons (Fsp3) is 0.333. The molecule has 4 nitrogen and oxygen atoms in total. The molecule has 1 amide bonds. The maximum Gasteiger partial charge on any atom is 0.241 e. The van der Waals surface area contributed by atoms with Crippen molar-refractivity contribution < 1.29 is 4.79 Å². The van der Waals surface area contributed by atoms with Crippen molar-refractivity contribution in [1.29, 1.82) is 0 Å². The third-order valence-corrected chi connectivity index (χ3v) is 3.90. The summed E-state index contributed by atoms with van der Waals surface area (Å²) in [6.45, 7) is 1.86. The highest BCUT2D eigenvalue weighted by atomic mass is 79.9. The van der Waals surface area contributed by atoms with E-state index in [-0.39, 0.29) is 5.91 Å². The third-order valence-electron chi connectivity index (χ3n) is 3.04. The van der Waals surface area contributed by atoms with Gasteiger partial charge in [0.1, 0.15) is 4.99 Å². The molecule has 0 bridgehead atoms. The molecule has 1 saturated heterocycles. The molecular formula is C12H14BrN3OS. The van der Waals surface area contributed by atoms with E-state index in [1.165, 1.54) is 0 Å². The number of likely N-dealkylation sites (N-methyl/N-ethyl adjacent to an activating group) is 1. The van der Waals surface area contributed by atoms with Gasteiger partial charge < -0.3 is 15.5 Å². The molecule has 2 N–H and O–H groups in total. The lowest BCUT2D eigenvalue weighted by Crippen LogP contribution is -2.49. The summed E-state index contributed by atoms with van der Waals surface area (Å²) in [4.78, 5) is 15.8. The van der Waals surface area contributed by atoms with E-state index in [9.17, 15) is 4.79 Å². The molecule has 1 aromatic carbocycles. The zero-order valence-electron chi connectivity index (χ0n) is 10.0. The van der Waals surface area contributed by atoms with Crippen molar-refractivity contribution in [3.63, 3.8) is 0 Å². The molecule has 96 valence electrons. The first-order valence-corrected chi connectivity index (χ1v) is 6.78. The van der Waals surface area contributed by atoms with Gasteiger partial charge in [-0.05, 0) is 28.1 Å². The van der Waals surface area contributed by atoms with Crippen molar-refractivity contribution in [2.24, 2.45) is 5.73 Å². The van der Waals surface area contributed by atoms with Crippen LogP contribution in [0.5, 0.6) is 0 Å². The summed E-state index contributed by atoms with van der Waals surface area (Å²) in [5.41, 5.74) is 7.47. The van der Waals surface area contributed by atoms with E-state index >= 15 is 0 Å². The van der Waals surface area contributed by atoms with E-state index in [1.807, 2.05) is 30.1 Å². The zero-order valence-corrected chi connectivity index (χ0v) is 12.4. The molecule has 2 rings (SSSR count). The molecule has 1 aromatic rings. The fourth-order valence-electron chi connectivity index (χ4n) is 1.98. The van der Waals surface area contributed by atoms with Crippen LogP contribution in [0.15, 0.2) is 22.7 Å². The van der Waals surface area contributed by atoms with E-state index in [1.54, 1.807) is 4.90 Å². The van der Waals surface area contributed by atoms with Crippen LogP contribution >= 0.6 is 28.1 Å². The number of thiocarbonyl (C=S) groups is 1. The molecule has 18 heavy (non-hydrogen) atoms. The number of nitrogens with two attached hydrogens (primary N) is 1. The summed E-state index contributed by atoms with van der Waals surface area (Å²) in [6.07, 6.45) is 0. The molecule has 0 atom stereocenters. The van der Waals surface area contributed by atoms with Gasteiger partial charge >= 0.3 is 0 Å². The summed E-state index contributed by atoms with van der Waals surface area (Å²) in [5, 5.41) is 0. The predicted octanol–water partition coefficient (Wildman–Crippen LogP) is 1.36. The maximum atomic E-state index is 11.8. The second kappa shape index (κ2) is 5.24. The summed E-state index contributed by atoms with van der Waals surface area (Å²) >= 11 is 8.54. The molecule has 1 fully saturated rings. The molecule has 1 aliphatic rings. The SMILES string of the molecule is CN1CCN(c2cccc(Br)c2C(N)=S)CC1=O. The highest BCUT2D eigenvalue weighted by Gasteiger charge is 2.24. The lowest BCUT2D eigenvalue weighted by atomic mass is 10.1. The van der Waals surface area contributed by atoms with Crippen molar-refractivity contribution >= 4 is 44.7 Å². The molecule has 0 aliphatic carbocycles. The Balaban J connectivity index is 2.37. The molecule has 1 heterocycles. The van der Waals surface area contributed by atoms with Crippen molar-refractivity contribution in [2.45, 2.75) is 0 Å². The Labute approximate surface area is 120 Å². The third kappa shape index (κ3) is 2.49. The van der Waals surface area contributed by atoms with Gasteiger partial charge in [-0.2, -0.15) is 0 Å². The van der Waals surface area contributed by atoms with Crippen molar-refractivity contribution in [2.75, 3.05) is 31.6 Å². The number of anilines is 1. The Morgan fingerprint density at radius 2 is 2.17 bits per heavy atom. The quantitative estimate of drug-likeness (QED) is 0.833. The van der Waals surface area contributed by atoms with Crippen LogP contribution in [0, 0.1) is 0 Å². The number of nitrogens with zero attached hydrogens (tertiary/aromatic N) is 2. The molecule has 0 spiro atoms. The maximum absolute atomic E-state index is 11.8. The van der Waals surface area contributed by atoms with E-state index in [0.29, 0.717) is 18.1 Å². The molecule has 1 aliphatic heterocycles. The highest BCUT2D eigenvalue weighted by Crippen LogP contribution is 2.28. The van der Waals surface area contributed by atoms with Crippen LogP contribution in [-0.4, -0.2) is 42.5 Å². The first-order valence-electron chi connectivity index (χ1n) is 5.58. The van der Waals surface area contributed by atoms with Crippen molar-refractivity contribution in [1.82, 2.24) is 4.90 Å². The van der Waals surface area contributed by atoms with Crippen LogP contribution in [0.3, 0.4) is 0 Å². The predicted molar refractivity (Wildman–Crippen MR) is 79.9 cm³/mol. The lowest BCUT2D eigenvalue weighted by Gasteiger charge is -2.34. The van der Waals surface area contributed by atoms with Gasteiger partial charge in [0, 0.05) is 35.9 Å². The Kier molecular flexibility index (Phi) is 3.87. The van der Waals surface area contributed by atoms with Crippen LogP contribution in [0.4, 0.5) is 5.69 Å². The van der Waals surface area contributed by atoms with Crippen LogP contribution in [-0.2, 0) is 4.79 Å². The summed E-state index contributed by atoms with van der Waals surface area (Å²) in [6, 6.07) is 5.76. The summed E-state index contributed by atoms with van der Waals surface area (Å²) in [5.74, 6) is 0.107. The zero-order chi connectivity index (χ0) is 13.3. The standard InChI is InChI=1S/C12H14BrN3OS/c1-15-5-6-16(7-10(15)17)9-4-2-3-8(13)11(9)12(14)18/h2-4H,5-7H2,1H3,(H2,14,18). The number of piperazine rings is 1. The van der Waals surface area contributed by atoms with Crippen molar-refractivity contribution in [3.05, 3.63) is 28.2 Å². The number of halogens is 1. The van der Waals surface area contributed by atoms with Gasteiger partial charge in [-0.25, -0.2) is 0 Å². The first-order chi connectivity index (χ1) is 8.50. The van der Waals surface area contributed by atoms with Crippen LogP contribution in [0.1, 0.15) is 5.56 Å². The Morgan fingerprint density at radius 1 is 1.44 bits per heavy atom. The van der Waals surface area contributed by atoms with Crippen LogP contribution in [0.2, 0.25) is 0 Å². The summed E-state index contributed by atoms with van der Waals surface area (Å²) in [7, 11) is 1.81. The Morgan fingerprint density at radius 3 is 2.78 bits per heavy atom. The molecule has 6 heteroatoms. The lowest BCUT2D eigenvalue weighted by molar-refractivity contribution is -0.129. The smallest absolute Gasteiger partial charge is 0.241 e. The number of hydrogen-bond donors (Lipinski definition) is 1. The number of benzene rings is 1. The molecule has 0 saturated carbocycles. The monoisotopic (exact) mass is 327 g/mol. The number of carbonyl (C=O) groups is 1. The van der Waals surface area contributed by atoms with Gasteiger partial charge in [0.05, 0.1) is 6.54 Å². The average Bonchev–Trinajstić information content (AvgIpc) is 2.32. The van der Waals surface area contributed by atoms with Gasteiger partial charge in [0.25, 0.3) is 0 Å². The van der Waals surface area contributed by atoms with Crippen LogP contribution in [0.25, 0.3) is 0 Å². The number of amides is 1. The van der Waals surface area contributed by atoms with Gasteiger partial charge in [-0.1, -0.05) is 18.3 Å². The average molecular weight is 328 g/mol. The number of carbonyl (C=O) groups excluding carboxylic acids is 1. The topological polar surface area (TPSA) is 49.6 Å². The minimum absolute atomic E-state index is 0.107. The second-order valence-corrected chi connectivity index (χ2v) is 5.53. The number of rotatable bonds is 2. The Hall–Kier alpha value is -1.14. The molecule has 0 aromatic heterocycles. The summed E-state index contributed by atoms with van der Waals surface area (Å²) < 4.78 is 0.860. The highest BCUT2D eigenvalue weighted by molar-refractivity contribution is 9.10. The first kappa shape index (κ1) is 13.3. The number of hydrogen-bond acceptors (Lipinski definition) is 3. The van der Waals surface area contributed by atoms with Gasteiger partial charge in [0.15, 0.2) is 0 Å². The molecule has 0 unspecified atom stereocenters. The van der Waals surface area contributed by atoms with Crippen LogP contribution < -0.4 is 10.6 Å². The second-order valence-electron chi connectivity index (χ2n) is 4.24. The molecular weight excluding hydrogens is 314 g/mol. The van der Waals surface area contributed by atoms with Gasteiger partial charge in [-0.15, -0.1) is 0 Å². The van der Waals surface area contributed by atoms with Gasteiger partial charge in [-0.3, -0.25) is 4.79 Å². The Bertz CT molecular complexity index is 506. The van der Waals surface area contributed by atoms with E-state index in [2.05, 4.69) is 15.9 Å². The minimum Gasteiger partial charge on any atom is -0.389 e. The molecule has 0 radical (unpaired) electrons. The van der Waals surface area contributed by atoms with Crippen molar-refractivity contribution in [3.8, 4) is 0 Å². The normalized spacial score (nSPS) is 16.0. The van der Waals surface area contributed by atoms with Gasteiger partial charge in [0.2, 0.25) is 5.91 Å².